The Morgan fingerprint density at radius 3 is 2.50 bits per heavy atom. The van der Waals surface area contributed by atoms with Gasteiger partial charge in [-0.2, -0.15) is 5.10 Å². The van der Waals surface area contributed by atoms with Crippen LogP contribution in [0.4, 0.5) is 10.5 Å². The fourth-order valence-corrected chi connectivity index (χ4v) is 5.20. The van der Waals surface area contributed by atoms with Gasteiger partial charge in [-0.05, 0) is 71.9 Å². The summed E-state index contributed by atoms with van der Waals surface area (Å²) in [6, 6.07) is 4.51. The number of carbonyl (C=O) groups is 2. The number of aromatic nitrogens is 2. The van der Waals surface area contributed by atoms with E-state index in [1.807, 2.05) is 36.5 Å². The zero-order valence-corrected chi connectivity index (χ0v) is 22.5. The van der Waals surface area contributed by atoms with Crippen molar-refractivity contribution in [2.75, 3.05) is 24.6 Å². The second-order valence-corrected chi connectivity index (χ2v) is 11.0. The first-order valence-corrected chi connectivity index (χ1v) is 13.2. The molecule has 196 valence electrons. The molecule has 1 aromatic heterocycles. The summed E-state index contributed by atoms with van der Waals surface area (Å²) in [5, 5.41) is 4.70. The molecule has 4 rings (SSSR count). The van der Waals surface area contributed by atoms with Crippen LogP contribution in [0.5, 0.6) is 5.75 Å². The van der Waals surface area contributed by atoms with Crippen LogP contribution in [0.25, 0.3) is 11.1 Å². The number of hydrogen-bond acceptors (Lipinski definition) is 5. The van der Waals surface area contributed by atoms with Crippen LogP contribution in [0.2, 0.25) is 0 Å². The number of amides is 2. The number of piperidine rings is 1. The zero-order valence-electron chi connectivity index (χ0n) is 22.5. The molecule has 2 aliphatic rings. The van der Waals surface area contributed by atoms with Gasteiger partial charge in [0.2, 0.25) is 5.91 Å². The fourth-order valence-electron chi connectivity index (χ4n) is 5.20. The van der Waals surface area contributed by atoms with Gasteiger partial charge in [-0.3, -0.25) is 9.48 Å². The molecule has 2 aromatic rings. The van der Waals surface area contributed by atoms with Gasteiger partial charge >= 0.3 is 6.09 Å². The first-order valence-electron chi connectivity index (χ1n) is 13.2. The lowest BCUT2D eigenvalue weighted by Gasteiger charge is -2.36. The second-order valence-electron chi connectivity index (χ2n) is 11.0. The maximum Gasteiger partial charge on any atom is 0.410 e. The number of ether oxygens (including phenoxy) is 2. The van der Waals surface area contributed by atoms with E-state index in [1.165, 1.54) is 0 Å². The van der Waals surface area contributed by atoms with Crippen LogP contribution < -0.4 is 9.64 Å². The fraction of sp³-hybridized carbons (Fsp3) is 0.607. The quantitative estimate of drug-likeness (QED) is 0.539. The van der Waals surface area contributed by atoms with E-state index in [2.05, 4.69) is 32.2 Å². The van der Waals surface area contributed by atoms with Crippen molar-refractivity contribution in [3.05, 3.63) is 30.1 Å². The lowest BCUT2D eigenvalue weighted by atomic mass is 9.92. The number of nitrogens with zero attached hydrogens (tertiary/aromatic N) is 4. The Balaban J connectivity index is 1.55. The van der Waals surface area contributed by atoms with Crippen LogP contribution in [0.15, 0.2) is 24.5 Å². The molecule has 1 saturated heterocycles. The largest absolute Gasteiger partial charge is 0.493 e. The van der Waals surface area contributed by atoms with E-state index in [4.69, 9.17) is 14.6 Å². The van der Waals surface area contributed by atoms with E-state index in [0.29, 0.717) is 19.7 Å². The number of benzene rings is 1. The minimum atomic E-state index is -0.489. The first kappa shape index (κ1) is 26.0. The highest BCUT2D eigenvalue weighted by atomic mass is 16.6. The molecule has 0 bridgehead atoms. The van der Waals surface area contributed by atoms with Gasteiger partial charge in [0.15, 0.2) is 0 Å². The average molecular weight is 497 g/mol. The van der Waals surface area contributed by atoms with Crippen LogP contribution in [0.1, 0.15) is 78.8 Å². The molecule has 0 aliphatic carbocycles. The molecule has 0 spiro atoms. The van der Waals surface area contributed by atoms with Crippen molar-refractivity contribution >= 4 is 17.7 Å². The maximum absolute atomic E-state index is 12.4. The Kier molecular flexibility index (Phi) is 7.62. The topological polar surface area (TPSA) is 76.9 Å². The summed E-state index contributed by atoms with van der Waals surface area (Å²) in [5.74, 6) is 0.926. The first-order chi connectivity index (χ1) is 17.1. The lowest BCUT2D eigenvalue weighted by molar-refractivity contribution is -0.117. The normalized spacial score (nSPS) is 18.7. The Labute approximate surface area is 214 Å². The van der Waals surface area contributed by atoms with Gasteiger partial charge in [0.1, 0.15) is 11.4 Å². The van der Waals surface area contributed by atoms with Crippen molar-refractivity contribution in [1.29, 1.82) is 0 Å². The molecule has 2 aliphatic heterocycles. The third-order valence-electron chi connectivity index (χ3n) is 6.94. The van der Waals surface area contributed by atoms with Crippen LogP contribution in [0, 0.1) is 0 Å². The van der Waals surface area contributed by atoms with Crippen LogP contribution >= 0.6 is 0 Å². The molecular formula is C28H40N4O4. The number of anilines is 1. The van der Waals surface area contributed by atoms with E-state index in [-0.39, 0.29) is 24.1 Å². The molecule has 0 unspecified atom stereocenters. The highest BCUT2D eigenvalue weighted by molar-refractivity contribution is 5.95. The predicted octanol–water partition coefficient (Wildman–Crippen LogP) is 5.60. The summed E-state index contributed by atoms with van der Waals surface area (Å²) in [4.78, 5) is 28.5. The summed E-state index contributed by atoms with van der Waals surface area (Å²) in [6.45, 7) is 13.4. The van der Waals surface area contributed by atoms with E-state index >= 15 is 0 Å². The summed E-state index contributed by atoms with van der Waals surface area (Å²) < 4.78 is 13.9. The van der Waals surface area contributed by atoms with Crippen molar-refractivity contribution in [2.24, 2.45) is 0 Å². The van der Waals surface area contributed by atoms with Gasteiger partial charge < -0.3 is 19.3 Å². The summed E-state index contributed by atoms with van der Waals surface area (Å²) in [6.07, 6.45) is 8.09. The SMILES string of the molecule is CCCOc1c(-c2cnn(C3CCN(C(=O)OC(C)(C)C)CC3)c2)ccc2c1CC[C@H](C)N2C(C)=O. The Hall–Kier alpha value is -3.03. The third-order valence-corrected chi connectivity index (χ3v) is 6.94. The molecular weight excluding hydrogens is 456 g/mol. The standard InChI is InChI=1S/C28H40N4O4/c1-7-16-35-26-23(10-11-25-24(26)9-8-19(2)32(25)20(3)33)21-17-29-31(18-21)22-12-14-30(15-13-22)27(34)36-28(4,5)6/h10-11,17-19,22H,7-9,12-16H2,1-6H3/t19-/m0/s1. The van der Waals surface area contributed by atoms with Crippen molar-refractivity contribution in [3.8, 4) is 16.9 Å². The van der Waals surface area contributed by atoms with Gasteiger partial charge in [-0.1, -0.05) is 6.92 Å². The predicted molar refractivity (Wildman–Crippen MR) is 140 cm³/mol. The summed E-state index contributed by atoms with van der Waals surface area (Å²) >= 11 is 0. The van der Waals surface area contributed by atoms with Gasteiger partial charge in [0, 0.05) is 48.9 Å². The van der Waals surface area contributed by atoms with E-state index < -0.39 is 5.60 Å². The third kappa shape index (κ3) is 5.52. The van der Waals surface area contributed by atoms with E-state index in [1.54, 1.807) is 11.8 Å². The number of fused-ring (bicyclic) bond motifs is 1. The van der Waals surface area contributed by atoms with Crippen LogP contribution in [0.3, 0.4) is 0 Å². The number of rotatable bonds is 5. The lowest BCUT2D eigenvalue weighted by Crippen LogP contribution is -2.42. The second kappa shape index (κ2) is 10.5. The molecule has 0 radical (unpaired) electrons. The Morgan fingerprint density at radius 2 is 1.86 bits per heavy atom. The molecule has 36 heavy (non-hydrogen) atoms. The highest BCUT2D eigenvalue weighted by Gasteiger charge is 2.31. The molecule has 8 nitrogen and oxygen atoms in total. The van der Waals surface area contributed by atoms with Crippen LogP contribution in [-0.2, 0) is 16.0 Å². The molecule has 8 heteroatoms. The minimum Gasteiger partial charge on any atom is -0.493 e. The van der Waals surface area contributed by atoms with Gasteiger partial charge in [-0.15, -0.1) is 0 Å². The monoisotopic (exact) mass is 496 g/mol. The van der Waals surface area contributed by atoms with E-state index in [9.17, 15) is 9.59 Å². The van der Waals surface area contributed by atoms with Crippen molar-refractivity contribution in [3.63, 3.8) is 0 Å². The molecule has 1 aromatic carbocycles. The Morgan fingerprint density at radius 1 is 1.14 bits per heavy atom. The van der Waals surface area contributed by atoms with E-state index in [0.717, 1.165) is 60.2 Å². The zero-order chi connectivity index (χ0) is 26.0. The average Bonchev–Trinajstić information content (AvgIpc) is 3.31. The van der Waals surface area contributed by atoms with Crippen molar-refractivity contribution in [1.82, 2.24) is 14.7 Å². The number of likely N-dealkylation sites (tertiary alicyclic amines) is 1. The van der Waals surface area contributed by atoms with Gasteiger partial charge in [0.25, 0.3) is 0 Å². The molecule has 0 saturated carbocycles. The summed E-state index contributed by atoms with van der Waals surface area (Å²) in [7, 11) is 0. The minimum absolute atomic E-state index is 0.0585. The summed E-state index contributed by atoms with van der Waals surface area (Å²) in [5.41, 5.74) is 3.59. The Bertz CT molecular complexity index is 1100. The number of hydrogen-bond donors (Lipinski definition) is 0. The number of carbonyl (C=O) groups excluding carboxylic acids is 2. The maximum atomic E-state index is 12.4. The molecule has 1 atom stereocenters. The molecule has 0 N–H and O–H groups in total. The van der Waals surface area contributed by atoms with Gasteiger partial charge in [-0.25, -0.2) is 4.79 Å². The van der Waals surface area contributed by atoms with Gasteiger partial charge in [0.05, 0.1) is 24.5 Å². The molecule has 1 fully saturated rings. The molecule has 2 amide bonds. The van der Waals surface area contributed by atoms with Crippen molar-refractivity contribution < 1.29 is 19.1 Å². The van der Waals surface area contributed by atoms with Crippen LogP contribution in [-0.4, -0.2) is 58.0 Å². The molecule has 3 heterocycles. The van der Waals surface area contributed by atoms with Crippen molar-refractivity contribution in [2.45, 2.75) is 91.3 Å². The highest BCUT2D eigenvalue weighted by Crippen LogP contribution is 2.43. The smallest absolute Gasteiger partial charge is 0.410 e.